The fourth-order valence-electron chi connectivity index (χ4n) is 2.08. The van der Waals surface area contributed by atoms with E-state index in [2.05, 4.69) is 37.9 Å². The Kier molecular flexibility index (Phi) is 6.16. The summed E-state index contributed by atoms with van der Waals surface area (Å²) < 4.78 is 5.27. The van der Waals surface area contributed by atoms with Gasteiger partial charge < -0.3 is 15.4 Å². The van der Waals surface area contributed by atoms with Crippen molar-refractivity contribution in [1.82, 2.24) is 4.90 Å². The minimum Gasteiger partial charge on any atom is -0.496 e. The number of nitrogens with two attached hydrogens (primary N) is 1. The van der Waals surface area contributed by atoms with E-state index in [-0.39, 0.29) is 0 Å². The number of aryl methyl sites for hydroxylation is 1. The lowest BCUT2D eigenvalue weighted by molar-refractivity contribution is 0.251. The number of methoxy groups -OCH3 is 1. The minimum atomic E-state index is 0.550. The zero-order chi connectivity index (χ0) is 13.5. The molecule has 1 aromatic carbocycles. The summed E-state index contributed by atoms with van der Waals surface area (Å²) in [6.45, 7) is 6.13. The van der Waals surface area contributed by atoms with Gasteiger partial charge >= 0.3 is 0 Å². The van der Waals surface area contributed by atoms with Gasteiger partial charge in [0.1, 0.15) is 5.75 Å². The normalized spacial score (nSPS) is 12.8. The quantitative estimate of drug-likeness (QED) is 0.806. The third-order valence-corrected chi connectivity index (χ3v) is 3.55. The molecule has 2 N–H and O–H groups in total. The van der Waals surface area contributed by atoms with Crippen molar-refractivity contribution >= 4 is 0 Å². The third-order valence-electron chi connectivity index (χ3n) is 3.55. The van der Waals surface area contributed by atoms with Crippen LogP contribution in [-0.2, 0) is 6.42 Å². The molecule has 0 spiro atoms. The lowest BCUT2D eigenvalue weighted by Gasteiger charge is -2.24. The molecule has 102 valence electrons. The summed E-state index contributed by atoms with van der Waals surface area (Å²) >= 11 is 0. The fourth-order valence-corrected chi connectivity index (χ4v) is 2.08. The van der Waals surface area contributed by atoms with Gasteiger partial charge in [-0.25, -0.2) is 0 Å². The molecule has 0 saturated heterocycles. The van der Waals surface area contributed by atoms with Gasteiger partial charge in [-0.3, -0.25) is 0 Å². The number of hydrogen-bond acceptors (Lipinski definition) is 3. The highest BCUT2D eigenvalue weighted by Gasteiger charge is 2.08. The van der Waals surface area contributed by atoms with Crippen LogP contribution in [0.2, 0.25) is 0 Å². The molecular formula is C15H26N2O. The summed E-state index contributed by atoms with van der Waals surface area (Å²) in [4.78, 5) is 2.37. The Morgan fingerprint density at radius 1 is 1.39 bits per heavy atom. The fraction of sp³-hybridized carbons (Fsp3) is 0.600. The van der Waals surface area contributed by atoms with Gasteiger partial charge in [0.15, 0.2) is 0 Å². The molecule has 0 aliphatic heterocycles. The molecule has 0 aliphatic rings. The molecule has 0 fully saturated rings. The van der Waals surface area contributed by atoms with Crippen molar-refractivity contribution in [2.75, 3.05) is 27.2 Å². The Morgan fingerprint density at radius 2 is 2.11 bits per heavy atom. The van der Waals surface area contributed by atoms with E-state index in [4.69, 9.17) is 10.5 Å². The summed E-state index contributed by atoms with van der Waals surface area (Å²) in [6, 6.07) is 6.95. The monoisotopic (exact) mass is 250 g/mol. The van der Waals surface area contributed by atoms with Crippen LogP contribution in [0, 0.1) is 6.92 Å². The van der Waals surface area contributed by atoms with Crippen LogP contribution in [0.4, 0.5) is 0 Å². The minimum absolute atomic E-state index is 0.550. The zero-order valence-corrected chi connectivity index (χ0v) is 12.1. The van der Waals surface area contributed by atoms with Gasteiger partial charge in [-0.2, -0.15) is 0 Å². The first-order chi connectivity index (χ1) is 8.58. The van der Waals surface area contributed by atoms with Crippen LogP contribution in [0.25, 0.3) is 0 Å². The summed E-state index contributed by atoms with van der Waals surface area (Å²) in [5.74, 6) is 0.962. The number of ether oxygens (including phenoxy) is 1. The van der Waals surface area contributed by atoms with Gasteiger partial charge in [-0.1, -0.05) is 12.1 Å². The number of benzene rings is 1. The predicted octanol–water partition coefficient (Wildman–Crippen LogP) is 2.22. The Labute approximate surface area is 111 Å². The summed E-state index contributed by atoms with van der Waals surface area (Å²) in [5, 5.41) is 0. The molecule has 3 nitrogen and oxygen atoms in total. The second-order valence-electron chi connectivity index (χ2n) is 4.96. The van der Waals surface area contributed by atoms with Crippen LogP contribution in [0.5, 0.6) is 5.75 Å². The van der Waals surface area contributed by atoms with Crippen molar-refractivity contribution in [3.63, 3.8) is 0 Å². The smallest absolute Gasteiger partial charge is 0.121 e. The molecule has 0 heterocycles. The van der Waals surface area contributed by atoms with E-state index in [1.165, 1.54) is 11.1 Å². The number of likely N-dealkylation sites (N-methyl/N-ethyl adjacent to an activating group) is 1. The van der Waals surface area contributed by atoms with E-state index in [9.17, 15) is 0 Å². The van der Waals surface area contributed by atoms with Crippen LogP contribution >= 0.6 is 0 Å². The highest BCUT2D eigenvalue weighted by atomic mass is 16.5. The molecule has 0 radical (unpaired) electrons. The van der Waals surface area contributed by atoms with Crippen LogP contribution in [-0.4, -0.2) is 38.2 Å². The maximum Gasteiger partial charge on any atom is 0.121 e. The van der Waals surface area contributed by atoms with Crippen molar-refractivity contribution in [1.29, 1.82) is 0 Å². The molecule has 1 aromatic rings. The maximum atomic E-state index is 5.59. The predicted molar refractivity (Wildman–Crippen MR) is 77.2 cm³/mol. The van der Waals surface area contributed by atoms with Gasteiger partial charge in [0.2, 0.25) is 0 Å². The maximum absolute atomic E-state index is 5.59. The van der Waals surface area contributed by atoms with Crippen molar-refractivity contribution < 1.29 is 4.74 Å². The van der Waals surface area contributed by atoms with E-state index in [0.29, 0.717) is 6.04 Å². The lowest BCUT2D eigenvalue weighted by atomic mass is 10.1. The van der Waals surface area contributed by atoms with E-state index in [0.717, 1.165) is 31.7 Å². The van der Waals surface area contributed by atoms with E-state index in [1.54, 1.807) is 7.11 Å². The van der Waals surface area contributed by atoms with Crippen LogP contribution in [0.15, 0.2) is 18.2 Å². The topological polar surface area (TPSA) is 38.5 Å². The van der Waals surface area contributed by atoms with E-state index >= 15 is 0 Å². The molecule has 1 atom stereocenters. The first kappa shape index (κ1) is 15.0. The van der Waals surface area contributed by atoms with Gasteiger partial charge in [-0.05, 0) is 57.5 Å². The molecule has 1 unspecified atom stereocenters. The zero-order valence-electron chi connectivity index (χ0n) is 12.1. The van der Waals surface area contributed by atoms with Gasteiger partial charge in [0, 0.05) is 12.6 Å². The first-order valence-corrected chi connectivity index (χ1v) is 6.62. The molecule has 0 aromatic heterocycles. The molecule has 0 saturated carbocycles. The lowest BCUT2D eigenvalue weighted by Crippen LogP contribution is -2.32. The Balaban J connectivity index is 2.50. The van der Waals surface area contributed by atoms with E-state index in [1.807, 2.05) is 6.07 Å². The number of hydrogen-bond donors (Lipinski definition) is 1. The van der Waals surface area contributed by atoms with Crippen LogP contribution in [0.3, 0.4) is 0 Å². The number of nitrogens with zero attached hydrogens (tertiary/aromatic N) is 1. The second kappa shape index (κ2) is 7.39. The van der Waals surface area contributed by atoms with Crippen LogP contribution in [0.1, 0.15) is 24.5 Å². The third kappa shape index (κ3) is 4.31. The molecule has 3 heteroatoms. The van der Waals surface area contributed by atoms with Crippen LogP contribution < -0.4 is 10.5 Å². The molecule has 0 amide bonds. The van der Waals surface area contributed by atoms with Crippen molar-refractivity contribution in [3.05, 3.63) is 29.3 Å². The highest BCUT2D eigenvalue weighted by molar-refractivity contribution is 5.36. The van der Waals surface area contributed by atoms with Crippen molar-refractivity contribution in [2.24, 2.45) is 5.73 Å². The van der Waals surface area contributed by atoms with Crippen molar-refractivity contribution in [2.45, 2.75) is 32.7 Å². The first-order valence-electron chi connectivity index (χ1n) is 6.62. The molecule has 0 bridgehead atoms. The van der Waals surface area contributed by atoms with Crippen molar-refractivity contribution in [3.8, 4) is 5.75 Å². The van der Waals surface area contributed by atoms with Gasteiger partial charge in [0.05, 0.1) is 7.11 Å². The molecule has 18 heavy (non-hydrogen) atoms. The van der Waals surface area contributed by atoms with E-state index < -0.39 is 0 Å². The average molecular weight is 250 g/mol. The van der Waals surface area contributed by atoms with Gasteiger partial charge in [-0.15, -0.1) is 0 Å². The molecular weight excluding hydrogens is 224 g/mol. The largest absolute Gasteiger partial charge is 0.496 e. The standard InChI is InChI=1S/C15H26N2O/c1-12-11-14(5-6-15(12)18-4)8-10-17(3)13(2)7-9-16/h5-6,11,13H,7-10,16H2,1-4H3. The Morgan fingerprint density at radius 3 is 2.67 bits per heavy atom. The van der Waals surface area contributed by atoms with Gasteiger partial charge in [0.25, 0.3) is 0 Å². The summed E-state index contributed by atoms with van der Waals surface area (Å²) in [7, 11) is 3.88. The molecule has 1 rings (SSSR count). The number of rotatable bonds is 7. The Hall–Kier alpha value is -1.06. The Bertz CT molecular complexity index is 366. The summed E-state index contributed by atoms with van der Waals surface area (Å²) in [6.07, 6.45) is 2.12. The average Bonchev–Trinajstić information content (AvgIpc) is 2.36. The highest BCUT2D eigenvalue weighted by Crippen LogP contribution is 2.19. The summed E-state index contributed by atoms with van der Waals surface area (Å²) in [5.41, 5.74) is 8.15. The molecule has 0 aliphatic carbocycles. The second-order valence-corrected chi connectivity index (χ2v) is 4.96. The SMILES string of the molecule is COc1ccc(CCN(C)C(C)CCN)cc1C.